The number of hydrogen-bond donors (Lipinski definition) is 1. The first kappa shape index (κ1) is 24.4. The molecule has 0 aromatic heterocycles. The predicted octanol–water partition coefficient (Wildman–Crippen LogP) is 2.39. The summed E-state index contributed by atoms with van der Waals surface area (Å²) in [5.74, 6) is 0.235. The molecule has 1 N–H and O–H groups in total. The molecule has 1 amide bonds. The average Bonchev–Trinajstić information content (AvgIpc) is 3.19. The summed E-state index contributed by atoms with van der Waals surface area (Å²) in [4.78, 5) is 20.0. The second-order valence-electron chi connectivity index (χ2n) is 8.22. The Morgan fingerprint density at radius 1 is 1.07 bits per heavy atom. The number of rotatable bonds is 4. The SMILES string of the molecule is Cl.Cl.O=C(C1CCCN(Cc2cccc(F)c2)C1)N1CCC(N2CCNCC2)C1. The summed E-state index contributed by atoms with van der Waals surface area (Å²) >= 11 is 0. The number of piperidine rings is 1. The molecule has 5 nitrogen and oxygen atoms in total. The summed E-state index contributed by atoms with van der Waals surface area (Å²) in [6.45, 7) is 8.60. The van der Waals surface area contributed by atoms with Crippen molar-refractivity contribution in [2.24, 2.45) is 5.92 Å². The molecule has 164 valence electrons. The molecule has 4 rings (SSSR count). The van der Waals surface area contributed by atoms with E-state index in [4.69, 9.17) is 0 Å². The number of piperazine rings is 1. The van der Waals surface area contributed by atoms with Crippen LogP contribution in [0.5, 0.6) is 0 Å². The second kappa shape index (κ2) is 11.5. The van der Waals surface area contributed by atoms with Crippen LogP contribution in [0.15, 0.2) is 24.3 Å². The maximum absolute atomic E-state index is 13.4. The lowest BCUT2D eigenvalue weighted by molar-refractivity contribution is -0.136. The number of nitrogens with one attached hydrogen (secondary N) is 1. The Kier molecular flexibility index (Phi) is 9.63. The molecule has 3 aliphatic rings. The van der Waals surface area contributed by atoms with E-state index in [0.29, 0.717) is 11.9 Å². The molecule has 0 saturated carbocycles. The van der Waals surface area contributed by atoms with Crippen LogP contribution in [0.2, 0.25) is 0 Å². The minimum atomic E-state index is -0.187. The zero-order valence-electron chi connectivity index (χ0n) is 16.9. The maximum Gasteiger partial charge on any atom is 0.227 e. The van der Waals surface area contributed by atoms with Crippen molar-refractivity contribution in [3.05, 3.63) is 35.6 Å². The molecule has 1 aromatic rings. The average molecular weight is 447 g/mol. The van der Waals surface area contributed by atoms with Crippen molar-refractivity contribution in [1.82, 2.24) is 20.0 Å². The van der Waals surface area contributed by atoms with Gasteiger partial charge >= 0.3 is 0 Å². The lowest BCUT2D eigenvalue weighted by Crippen LogP contribution is -2.50. The summed E-state index contributed by atoms with van der Waals surface area (Å²) in [7, 11) is 0. The maximum atomic E-state index is 13.4. The second-order valence-corrected chi connectivity index (χ2v) is 8.22. The molecule has 0 bridgehead atoms. The topological polar surface area (TPSA) is 38.8 Å². The lowest BCUT2D eigenvalue weighted by atomic mass is 9.96. The van der Waals surface area contributed by atoms with Crippen LogP contribution in [-0.2, 0) is 11.3 Å². The smallest absolute Gasteiger partial charge is 0.227 e. The van der Waals surface area contributed by atoms with Crippen LogP contribution in [0, 0.1) is 11.7 Å². The van der Waals surface area contributed by atoms with E-state index in [1.54, 1.807) is 12.1 Å². The van der Waals surface area contributed by atoms with Crippen LogP contribution >= 0.6 is 24.8 Å². The van der Waals surface area contributed by atoms with Crippen molar-refractivity contribution in [2.75, 3.05) is 52.4 Å². The van der Waals surface area contributed by atoms with Crippen LogP contribution < -0.4 is 5.32 Å². The Hall–Kier alpha value is -0.920. The van der Waals surface area contributed by atoms with Gasteiger partial charge in [0, 0.05) is 58.4 Å². The highest BCUT2D eigenvalue weighted by Gasteiger charge is 2.35. The van der Waals surface area contributed by atoms with Crippen molar-refractivity contribution < 1.29 is 9.18 Å². The third-order valence-corrected chi connectivity index (χ3v) is 6.29. The lowest BCUT2D eigenvalue weighted by Gasteiger charge is -2.35. The zero-order valence-corrected chi connectivity index (χ0v) is 18.5. The van der Waals surface area contributed by atoms with Gasteiger partial charge < -0.3 is 10.2 Å². The van der Waals surface area contributed by atoms with Crippen molar-refractivity contribution in [3.8, 4) is 0 Å². The van der Waals surface area contributed by atoms with Crippen molar-refractivity contribution in [2.45, 2.75) is 31.8 Å². The van der Waals surface area contributed by atoms with Gasteiger partial charge in [-0.15, -0.1) is 24.8 Å². The number of hydrogen-bond acceptors (Lipinski definition) is 4. The van der Waals surface area contributed by atoms with E-state index in [1.807, 2.05) is 6.07 Å². The molecule has 2 atom stereocenters. The van der Waals surface area contributed by atoms with Crippen LogP contribution in [0.4, 0.5) is 4.39 Å². The van der Waals surface area contributed by atoms with E-state index < -0.39 is 0 Å². The van der Waals surface area contributed by atoms with Crippen molar-refractivity contribution in [3.63, 3.8) is 0 Å². The van der Waals surface area contributed by atoms with Gasteiger partial charge in [0.05, 0.1) is 5.92 Å². The molecule has 3 heterocycles. The Morgan fingerprint density at radius 3 is 2.62 bits per heavy atom. The zero-order chi connectivity index (χ0) is 18.6. The molecule has 1 aromatic carbocycles. The summed E-state index contributed by atoms with van der Waals surface area (Å²) in [6, 6.07) is 7.34. The molecule has 3 saturated heterocycles. The van der Waals surface area contributed by atoms with E-state index in [0.717, 1.165) is 83.7 Å². The highest BCUT2D eigenvalue weighted by atomic mass is 35.5. The molecule has 8 heteroatoms. The Balaban J connectivity index is 0.00000150. The predicted molar refractivity (Wildman–Crippen MR) is 118 cm³/mol. The van der Waals surface area contributed by atoms with Crippen LogP contribution in [0.25, 0.3) is 0 Å². The Bertz CT molecular complexity index is 659. The quantitative estimate of drug-likeness (QED) is 0.770. The number of likely N-dealkylation sites (tertiary alicyclic amines) is 2. The minimum Gasteiger partial charge on any atom is -0.341 e. The van der Waals surface area contributed by atoms with Crippen LogP contribution in [-0.4, -0.2) is 79.0 Å². The van der Waals surface area contributed by atoms with Crippen molar-refractivity contribution in [1.29, 1.82) is 0 Å². The van der Waals surface area contributed by atoms with Crippen LogP contribution in [0.1, 0.15) is 24.8 Å². The molecule has 0 spiro atoms. The largest absolute Gasteiger partial charge is 0.341 e. The van der Waals surface area contributed by atoms with Gasteiger partial charge in [0.25, 0.3) is 0 Å². The normalized spacial score (nSPS) is 25.9. The fourth-order valence-electron chi connectivity index (χ4n) is 4.84. The Morgan fingerprint density at radius 2 is 1.86 bits per heavy atom. The highest BCUT2D eigenvalue weighted by Crippen LogP contribution is 2.24. The third kappa shape index (κ3) is 6.28. The first-order chi connectivity index (χ1) is 13.2. The van der Waals surface area contributed by atoms with Gasteiger partial charge in [-0.1, -0.05) is 12.1 Å². The van der Waals surface area contributed by atoms with Gasteiger partial charge in [-0.05, 0) is 43.5 Å². The molecule has 29 heavy (non-hydrogen) atoms. The number of benzene rings is 1. The first-order valence-electron chi connectivity index (χ1n) is 10.4. The van der Waals surface area contributed by atoms with Crippen LogP contribution in [0.3, 0.4) is 0 Å². The van der Waals surface area contributed by atoms with E-state index in [-0.39, 0.29) is 36.5 Å². The molecule has 0 aliphatic carbocycles. The third-order valence-electron chi connectivity index (χ3n) is 6.29. The van der Waals surface area contributed by atoms with E-state index in [1.165, 1.54) is 6.07 Å². The van der Waals surface area contributed by atoms with E-state index >= 15 is 0 Å². The van der Waals surface area contributed by atoms with Gasteiger partial charge in [0.15, 0.2) is 0 Å². The monoisotopic (exact) mass is 446 g/mol. The molecular formula is C21H33Cl2FN4O. The summed E-state index contributed by atoms with van der Waals surface area (Å²) < 4.78 is 13.4. The van der Waals surface area contributed by atoms with E-state index in [9.17, 15) is 9.18 Å². The molecule has 3 fully saturated rings. The fraction of sp³-hybridized carbons (Fsp3) is 0.667. The Labute approximate surface area is 185 Å². The summed E-state index contributed by atoms with van der Waals surface area (Å²) in [5, 5.41) is 3.40. The van der Waals surface area contributed by atoms with Gasteiger partial charge in [-0.25, -0.2) is 4.39 Å². The first-order valence-corrected chi connectivity index (χ1v) is 10.4. The van der Waals surface area contributed by atoms with Gasteiger partial charge in [-0.3, -0.25) is 14.6 Å². The molecule has 0 radical (unpaired) electrons. The summed E-state index contributed by atoms with van der Waals surface area (Å²) in [5.41, 5.74) is 0.989. The number of carbonyl (C=O) groups is 1. The number of carbonyl (C=O) groups excluding carboxylic acids is 1. The summed E-state index contributed by atoms with van der Waals surface area (Å²) in [6.07, 6.45) is 3.12. The van der Waals surface area contributed by atoms with Gasteiger partial charge in [0.2, 0.25) is 5.91 Å². The molecule has 3 aliphatic heterocycles. The number of halogens is 3. The minimum absolute atomic E-state index is 0. The van der Waals surface area contributed by atoms with E-state index in [2.05, 4.69) is 20.0 Å². The van der Waals surface area contributed by atoms with Crippen molar-refractivity contribution >= 4 is 30.7 Å². The fourth-order valence-corrected chi connectivity index (χ4v) is 4.84. The molecular weight excluding hydrogens is 414 g/mol. The molecule has 2 unspecified atom stereocenters. The highest BCUT2D eigenvalue weighted by molar-refractivity contribution is 5.85. The number of amides is 1. The standard InChI is InChI=1S/C21H31FN4O.2ClH/c22-19-5-1-3-17(13-19)14-24-9-2-4-18(15-24)21(27)26-10-6-20(16-26)25-11-7-23-8-12-25;;/h1,3,5,13,18,20,23H,2,4,6-12,14-16H2;2*1H. The van der Waals surface area contributed by atoms with Gasteiger partial charge in [0.1, 0.15) is 5.82 Å². The number of nitrogens with zero attached hydrogens (tertiary/aromatic N) is 3. The van der Waals surface area contributed by atoms with Gasteiger partial charge in [-0.2, -0.15) is 0 Å².